The Hall–Kier alpha value is -3.22. The van der Waals surface area contributed by atoms with Crippen LogP contribution in [0.1, 0.15) is 42.2 Å². The second-order valence-corrected chi connectivity index (χ2v) is 7.14. The van der Waals surface area contributed by atoms with Gasteiger partial charge in [0.15, 0.2) is 0 Å². The first kappa shape index (κ1) is 17.2. The van der Waals surface area contributed by atoms with Crippen LogP contribution in [0.4, 0.5) is 4.39 Å². The van der Waals surface area contributed by atoms with Gasteiger partial charge in [-0.15, -0.1) is 0 Å². The van der Waals surface area contributed by atoms with E-state index in [2.05, 4.69) is 29.1 Å². The molecule has 7 heteroatoms. The van der Waals surface area contributed by atoms with Crippen LogP contribution in [0.15, 0.2) is 42.7 Å². The lowest BCUT2D eigenvalue weighted by Crippen LogP contribution is -2.15. The largest absolute Gasteiger partial charge is 0.478 e. The van der Waals surface area contributed by atoms with E-state index < -0.39 is 5.97 Å². The number of aromatic nitrogens is 4. The SMILES string of the molecule is CC(C)CC(c1cc(F)cc2cn[nH]c12)n1ncc2cc(C(=O)O)ccc21. The van der Waals surface area contributed by atoms with E-state index in [0.29, 0.717) is 11.3 Å². The van der Waals surface area contributed by atoms with E-state index in [1.165, 1.54) is 12.1 Å². The predicted molar refractivity (Wildman–Crippen MR) is 100 cm³/mol. The highest BCUT2D eigenvalue weighted by atomic mass is 19.1. The lowest BCUT2D eigenvalue weighted by atomic mass is 9.95. The summed E-state index contributed by atoms with van der Waals surface area (Å²) < 4.78 is 16.1. The van der Waals surface area contributed by atoms with E-state index in [0.717, 1.165) is 28.4 Å². The van der Waals surface area contributed by atoms with E-state index in [1.54, 1.807) is 30.6 Å². The molecule has 2 heterocycles. The van der Waals surface area contributed by atoms with Crippen LogP contribution in [-0.2, 0) is 0 Å². The minimum atomic E-state index is -0.979. The van der Waals surface area contributed by atoms with Gasteiger partial charge in [-0.2, -0.15) is 10.2 Å². The molecule has 0 aliphatic heterocycles. The van der Waals surface area contributed by atoms with Crippen molar-refractivity contribution in [2.24, 2.45) is 5.92 Å². The monoisotopic (exact) mass is 366 g/mol. The Morgan fingerprint density at radius 1 is 1.22 bits per heavy atom. The zero-order valence-corrected chi connectivity index (χ0v) is 15.0. The molecule has 4 rings (SSSR count). The van der Waals surface area contributed by atoms with Gasteiger partial charge in [-0.1, -0.05) is 13.8 Å². The Bertz CT molecular complexity index is 1150. The molecule has 0 spiro atoms. The summed E-state index contributed by atoms with van der Waals surface area (Å²) in [4.78, 5) is 11.2. The zero-order valence-electron chi connectivity index (χ0n) is 15.0. The van der Waals surface area contributed by atoms with Crippen molar-refractivity contribution in [3.05, 3.63) is 59.7 Å². The summed E-state index contributed by atoms with van der Waals surface area (Å²) in [5.74, 6) is -0.959. The van der Waals surface area contributed by atoms with Crippen molar-refractivity contribution in [3.8, 4) is 0 Å². The van der Waals surface area contributed by atoms with Crippen LogP contribution in [0, 0.1) is 11.7 Å². The predicted octanol–water partition coefficient (Wildman–Crippen LogP) is 4.39. The second kappa shape index (κ2) is 6.50. The standard InChI is InChI=1S/C20H19FN4O2/c1-11(2)5-18(16-8-15(21)7-14-9-22-24-19(14)16)25-17-4-3-12(20(26)27)6-13(17)10-23-25/h3-4,6-11,18H,5H2,1-2H3,(H,22,24)(H,26,27). The van der Waals surface area contributed by atoms with Gasteiger partial charge in [0.25, 0.3) is 0 Å². The molecule has 0 aliphatic carbocycles. The zero-order chi connectivity index (χ0) is 19.1. The van der Waals surface area contributed by atoms with Crippen LogP contribution in [0.3, 0.4) is 0 Å². The Balaban J connectivity index is 1.91. The molecule has 2 aromatic carbocycles. The lowest BCUT2D eigenvalue weighted by molar-refractivity contribution is 0.0697. The molecule has 0 saturated heterocycles. The Morgan fingerprint density at radius 3 is 2.78 bits per heavy atom. The molecule has 6 nitrogen and oxygen atoms in total. The van der Waals surface area contributed by atoms with E-state index in [-0.39, 0.29) is 17.4 Å². The average molecular weight is 366 g/mol. The van der Waals surface area contributed by atoms with Crippen LogP contribution in [0.2, 0.25) is 0 Å². The number of carboxylic acid groups (broad SMARTS) is 1. The van der Waals surface area contributed by atoms with E-state index in [9.17, 15) is 14.3 Å². The Labute approximate surface area is 154 Å². The summed E-state index contributed by atoms with van der Waals surface area (Å²) in [5.41, 5.74) is 2.59. The molecule has 0 bridgehead atoms. The molecular formula is C20H19FN4O2. The Kier molecular flexibility index (Phi) is 4.14. The number of halogens is 1. The minimum Gasteiger partial charge on any atom is -0.478 e. The number of nitrogens with one attached hydrogen (secondary N) is 1. The fraction of sp³-hybridized carbons (Fsp3) is 0.250. The molecule has 0 fully saturated rings. The van der Waals surface area contributed by atoms with Gasteiger partial charge in [-0.05, 0) is 42.7 Å². The number of aromatic amines is 1. The fourth-order valence-corrected chi connectivity index (χ4v) is 3.55. The van der Waals surface area contributed by atoms with Crippen LogP contribution in [-0.4, -0.2) is 31.1 Å². The number of fused-ring (bicyclic) bond motifs is 2. The molecule has 0 aliphatic rings. The first-order valence-corrected chi connectivity index (χ1v) is 8.77. The van der Waals surface area contributed by atoms with Crippen LogP contribution < -0.4 is 0 Å². The van der Waals surface area contributed by atoms with Crippen molar-refractivity contribution >= 4 is 27.8 Å². The summed E-state index contributed by atoms with van der Waals surface area (Å²) in [5, 5.41) is 22.2. The third kappa shape index (κ3) is 3.05. The molecule has 1 atom stereocenters. The molecule has 1 unspecified atom stereocenters. The van der Waals surface area contributed by atoms with Crippen LogP contribution >= 0.6 is 0 Å². The number of H-pyrrole nitrogens is 1. The molecule has 2 aromatic heterocycles. The van der Waals surface area contributed by atoms with E-state index in [1.807, 2.05) is 4.68 Å². The van der Waals surface area contributed by atoms with Crippen molar-refractivity contribution in [3.63, 3.8) is 0 Å². The van der Waals surface area contributed by atoms with Crippen LogP contribution in [0.25, 0.3) is 21.8 Å². The van der Waals surface area contributed by atoms with Gasteiger partial charge in [0.2, 0.25) is 0 Å². The topological polar surface area (TPSA) is 83.8 Å². The normalized spacial score (nSPS) is 12.9. The molecular weight excluding hydrogens is 347 g/mol. The van der Waals surface area contributed by atoms with Gasteiger partial charge >= 0.3 is 5.97 Å². The third-order valence-corrected chi connectivity index (χ3v) is 4.74. The second-order valence-electron chi connectivity index (χ2n) is 7.14. The van der Waals surface area contributed by atoms with Gasteiger partial charge in [0.1, 0.15) is 5.82 Å². The number of rotatable bonds is 5. The number of carboxylic acids is 1. The van der Waals surface area contributed by atoms with Gasteiger partial charge < -0.3 is 5.11 Å². The summed E-state index contributed by atoms with van der Waals surface area (Å²) in [6.07, 6.45) is 4.00. The van der Waals surface area contributed by atoms with E-state index in [4.69, 9.17) is 0 Å². The quantitative estimate of drug-likeness (QED) is 0.549. The molecule has 138 valence electrons. The van der Waals surface area contributed by atoms with Gasteiger partial charge in [0.05, 0.1) is 35.0 Å². The molecule has 2 N–H and O–H groups in total. The highest BCUT2D eigenvalue weighted by Gasteiger charge is 2.23. The van der Waals surface area contributed by atoms with Crippen molar-refractivity contribution in [2.45, 2.75) is 26.3 Å². The third-order valence-electron chi connectivity index (χ3n) is 4.74. The maximum Gasteiger partial charge on any atom is 0.335 e. The fourth-order valence-electron chi connectivity index (χ4n) is 3.55. The number of hydrogen-bond donors (Lipinski definition) is 2. The molecule has 27 heavy (non-hydrogen) atoms. The van der Waals surface area contributed by atoms with Gasteiger partial charge in [0, 0.05) is 16.3 Å². The maximum absolute atomic E-state index is 14.2. The lowest BCUT2D eigenvalue weighted by Gasteiger charge is -2.22. The van der Waals surface area contributed by atoms with Gasteiger partial charge in [-0.25, -0.2) is 9.18 Å². The van der Waals surface area contributed by atoms with Crippen molar-refractivity contribution < 1.29 is 14.3 Å². The minimum absolute atomic E-state index is 0.211. The van der Waals surface area contributed by atoms with Crippen molar-refractivity contribution in [1.82, 2.24) is 20.0 Å². The highest BCUT2D eigenvalue weighted by molar-refractivity contribution is 5.93. The summed E-state index contributed by atoms with van der Waals surface area (Å²) in [6.45, 7) is 4.20. The molecule has 0 saturated carbocycles. The molecule has 0 amide bonds. The first-order valence-electron chi connectivity index (χ1n) is 8.77. The number of benzene rings is 2. The number of nitrogens with zero attached hydrogens (tertiary/aromatic N) is 3. The first-order chi connectivity index (χ1) is 12.9. The summed E-state index contributed by atoms with van der Waals surface area (Å²) in [7, 11) is 0. The Morgan fingerprint density at radius 2 is 2.04 bits per heavy atom. The maximum atomic E-state index is 14.2. The van der Waals surface area contributed by atoms with Crippen LogP contribution in [0.5, 0.6) is 0 Å². The highest BCUT2D eigenvalue weighted by Crippen LogP contribution is 2.33. The smallest absolute Gasteiger partial charge is 0.335 e. The molecule has 4 aromatic rings. The van der Waals surface area contributed by atoms with E-state index >= 15 is 0 Å². The average Bonchev–Trinajstić information content (AvgIpc) is 3.24. The number of hydrogen-bond acceptors (Lipinski definition) is 3. The van der Waals surface area contributed by atoms with Gasteiger partial charge in [-0.3, -0.25) is 9.78 Å². The van der Waals surface area contributed by atoms with Crippen molar-refractivity contribution in [1.29, 1.82) is 0 Å². The summed E-state index contributed by atoms with van der Waals surface area (Å²) in [6, 6.07) is 7.68. The van der Waals surface area contributed by atoms with Crippen molar-refractivity contribution in [2.75, 3.05) is 0 Å². The number of carbonyl (C=O) groups is 1. The molecule has 0 radical (unpaired) electrons. The summed E-state index contributed by atoms with van der Waals surface area (Å²) >= 11 is 0. The number of aromatic carboxylic acids is 1.